The van der Waals surface area contributed by atoms with Gasteiger partial charge in [-0.3, -0.25) is 19.7 Å². The van der Waals surface area contributed by atoms with E-state index in [2.05, 4.69) is 0 Å². The number of hydrogen-bond acceptors (Lipinski definition) is 6. The van der Waals surface area contributed by atoms with E-state index in [-0.39, 0.29) is 37.5 Å². The molecule has 0 saturated carbocycles. The van der Waals surface area contributed by atoms with Gasteiger partial charge >= 0.3 is 5.97 Å². The minimum absolute atomic E-state index is 0.0195. The first-order valence-corrected chi connectivity index (χ1v) is 5.92. The summed E-state index contributed by atoms with van der Waals surface area (Å²) in [4.78, 5) is 32.6. The van der Waals surface area contributed by atoms with E-state index >= 15 is 0 Å². The van der Waals surface area contributed by atoms with Crippen molar-refractivity contribution in [3.05, 3.63) is 39.9 Å². The molecule has 0 spiro atoms. The first-order chi connectivity index (χ1) is 9.52. The molecular formula is C13H15NO6. The van der Waals surface area contributed by atoms with E-state index in [9.17, 15) is 19.7 Å². The summed E-state index contributed by atoms with van der Waals surface area (Å²) in [5, 5.41) is 10.5. The summed E-state index contributed by atoms with van der Waals surface area (Å²) in [7, 11) is 1.47. The van der Waals surface area contributed by atoms with Crippen LogP contribution in [-0.2, 0) is 25.7 Å². The van der Waals surface area contributed by atoms with E-state index in [1.165, 1.54) is 31.4 Å². The van der Waals surface area contributed by atoms with Crippen molar-refractivity contribution in [2.75, 3.05) is 13.7 Å². The van der Waals surface area contributed by atoms with Crippen LogP contribution in [0, 0.1) is 10.1 Å². The van der Waals surface area contributed by atoms with Crippen LogP contribution in [0.5, 0.6) is 0 Å². The predicted octanol–water partition coefficient (Wildman–Crippen LogP) is 1.63. The van der Waals surface area contributed by atoms with Gasteiger partial charge in [-0.1, -0.05) is 0 Å². The van der Waals surface area contributed by atoms with Crippen LogP contribution in [0.15, 0.2) is 24.3 Å². The maximum absolute atomic E-state index is 11.4. The van der Waals surface area contributed by atoms with Crippen molar-refractivity contribution in [2.24, 2.45) is 0 Å². The van der Waals surface area contributed by atoms with E-state index in [0.717, 1.165) is 0 Å². The number of rotatable bonds is 8. The van der Waals surface area contributed by atoms with Gasteiger partial charge in [0.15, 0.2) is 0 Å². The lowest BCUT2D eigenvalue weighted by Gasteiger charge is -2.04. The second kappa shape index (κ2) is 8.00. The Bertz CT molecular complexity index is 482. The van der Waals surface area contributed by atoms with Crippen LogP contribution in [0.25, 0.3) is 0 Å². The maximum Gasteiger partial charge on any atom is 0.313 e. The molecule has 20 heavy (non-hydrogen) atoms. The Morgan fingerprint density at radius 2 is 1.90 bits per heavy atom. The summed E-state index contributed by atoms with van der Waals surface area (Å²) in [6, 6.07) is 5.65. The van der Waals surface area contributed by atoms with Gasteiger partial charge in [-0.05, 0) is 17.7 Å². The highest BCUT2D eigenvalue weighted by Gasteiger charge is 2.11. The van der Waals surface area contributed by atoms with Crippen LogP contribution in [0.2, 0.25) is 0 Å². The topological polar surface area (TPSA) is 95.7 Å². The van der Waals surface area contributed by atoms with E-state index in [1.54, 1.807) is 0 Å². The monoisotopic (exact) mass is 281 g/mol. The number of ketones is 1. The SMILES string of the molecule is COCCC(=O)CC(=O)OCc1ccc([N+](=O)[O-])cc1. The van der Waals surface area contributed by atoms with E-state index < -0.39 is 10.9 Å². The fourth-order valence-electron chi connectivity index (χ4n) is 1.39. The number of ether oxygens (including phenoxy) is 2. The molecule has 7 nitrogen and oxygen atoms in total. The van der Waals surface area contributed by atoms with Gasteiger partial charge in [-0.2, -0.15) is 0 Å². The second-order valence-corrected chi connectivity index (χ2v) is 4.04. The van der Waals surface area contributed by atoms with Gasteiger partial charge in [0.2, 0.25) is 0 Å². The highest BCUT2D eigenvalue weighted by Crippen LogP contribution is 2.12. The van der Waals surface area contributed by atoms with Gasteiger partial charge in [0.05, 0.1) is 11.5 Å². The fraction of sp³-hybridized carbons (Fsp3) is 0.385. The zero-order valence-corrected chi connectivity index (χ0v) is 11.0. The van der Waals surface area contributed by atoms with Gasteiger partial charge in [-0.25, -0.2) is 0 Å². The Kier molecular flexibility index (Phi) is 6.31. The second-order valence-electron chi connectivity index (χ2n) is 4.04. The molecule has 0 unspecified atom stereocenters. The molecule has 0 aliphatic rings. The number of carbonyl (C=O) groups excluding carboxylic acids is 2. The molecular weight excluding hydrogens is 266 g/mol. The van der Waals surface area contributed by atoms with Crippen LogP contribution in [0.1, 0.15) is 18.4 Å². The van der Waals surface area contributed by atoms with Crippen LogP contribution in [0.3, 0.4) is 0 Å². The molecule has 0 aliphatic carbocycles. The van der Waals surface area contributed by atoms with Gasteiger partial charge in [0.25, 0.3) is 5.69 Å². The predicted molar refractivity (Wildman–Crippen MR) is 69.0 cm³/mol. The third kappa shape index (κ3) is 5.57. The fourth-order valence-corrected chi connectivity index (χ4v) is 1.39. The van der Waals surface area contributed by atoms with Crippen LogP contribution in [0.4, 0.5) is 5.69 Å². The summed E-state index contributed by atoms with van der Waals surface area (Å²) in [5.74, 6) is -0.870. The highest BCUT2D eigenvalue weighted by molar-refractivity contribution is 5.95. The van der Waals surface area contributed by atoms with Crippen LogP contribution in [-0.4, -0.2) is 30.4 Å². The standard InChI is InChI=1S/C13H15NO6/c1-19-7-6-12(15)8-13(16)20-9-10-2-4-11(5-3-10)14(17)18/h2-5H,6-9H2,1H3. The number of Topliss-reactive ketones (excluding diaryl/α,β-unsaturated/α-hetero) is 1. The molecule has 0 heterocycles. The molecule has 1 aromatic rings. The molecule has 1 aromatic carbocycles. The maximum atomic E-state index is 11.4. The van der Waals surface area contributed by atoms with Crippen molar-refractivity contribution in [3.63, 3.8) is 0 Å². The van der Waals surface area contributed by atoms with Crippen LogP contribution >= 0.6 is 0 Å². The van der Waals surface area contributed by atoms with Crippen molar-refractivity contribution in [1.82, 2.24) is 0 Å². The summed E-state index contributed by atoms with van der Waals surface area (Å²) >= 11 is 0. The number of esters is 1. The lowest BCUT2D eigenvalue weighted by Crippen LogP contribution is -2.12. The average molecular weight is 281 g/mol. The Labute approximate surface area is 115 Å². The first-order valence-electron chi connectivity index (χ1n) is 5.92. The van der Waals surface area contributed by atoms with Crippen molar-refractivity contribution in [1.29, 1.82) is 0 Å². The molecule has 0 bridgehead atoms. The molecule has 0 aliphatic heterocycles. The molecule has 0 atom stereocenters. The minimum atomic E-state index is -0.621. The number of nitro groups is 1. The third-order valence-corrected chi connectivity index (χ3v) is 2.47. The number of benzene rings is 1. The van der Waals surface area contributed by atoms with Crippen LogP contribution < -0.4 is 0 Å². The summed E-state index contributed by atoms with van der Waals surface area (Å²) in [6.07, 6.45) is -0.126. The Morgan fingerprint density at radius 3 is 2.45 bits per heavy atom. The first kappa shape index (κ1) is 15.8. The van der Waals surface area contributed by atoms with E-state index in [1.807, 2.05) is 0 Å². The van der Waals surface area contributed by atoms with Crippen molar-refractivity contribution in [2.45, 2.75) is 19.4 Å². The Hall–Kier alpha value is -2.28. The smallest absolute Gasteiger partial charge is 0.313 e. The summed E-state index contributed by atoms with van der Waals surface area (Å²) < 4.78 is 9.63. The number of non-ortho nitro benzene ring substituents is 1. The molecule has 108 valence electrons. The zero-order valence-electron chi connectivity index (χ0n) is 11.0. The highest BCUT2D eigenvalue weighted by atomic mass is 16.6. The molecule has 0 saturated heterocycles. The summed E-state index contributed by atoms with van der Waals surface area (Å²) in [6.45, 7) is 0.253. The zero-order chi connectivity index (χ0) is 15.0. The Morgan fingerprint density at radius 1 is 1.25 bits per heavy atom. The quantitative estimate of drug-likeness (QED) is 0.311. The van der Waals surface area contributed by atoms with Gasteiger partial charge in [0, 0.05) is 25.7 Å². The van der Waals surface area contributed by atoms with Gasteiger partial charge < -0.3 is 9.47 Å². The van der Waals surface area contributed by atoms with E-state index in [4.69, 9.17) is 9.47 Å². The largest absolute Gasteiger partial charge is 0.460 e. The molecule has 0 amide bonds. The lowest BCUT2D eigenvalue weighted by molar-refractivity contribution is -0.384. The third-order valence-electron chi connectivity index (χ3n) is 2.47. The molecule has 0 fully saturated rings. The lowest BCUT2D eigenvalue weighted by atomic mass is 10.2. The number of nitrogens with zero attached hydrogens (tertiary/aromatic N) is 1. The number of methoxy groups -OCH3 is 1. The number of nitro benzene ring substituents is 1. The van der Waals surface area contributed by atoms with Gasteiger partial charge in [0.1, 0.15) is 18.8 Å². The minimum Gasteiger partial charge on any atom is -0.460 e. The number of hydrogen-bond donors (Lipinski definition) is 0. The molecule has 7 heteroatoms. The van der Waals surface area contributed by atoms with Crippen molar-refractivity contribution in [3.8, 4) is 0 Å². The normalized spacial score (nSPS) is 10.1. The molecule has 0 N–H and O–H groups in total. The van der Waals surface area contributed by atoms with Crippen molar-refractivity contribution >= 4 is 17.4 Å². The summed E-state index contributed by atoms with van der Waals surface area (Å²) in [5.41, 5.74) is 0.586. The molecule has 1 rings (SSSR count). The van der Waals surface area contributed by atoms with E-state index in [0.29, 0.717) is 5.56 Å². The molecule has 0 radical (unpaired) electrons. The average Bonchev–Trinajstić information content (AvgIpc) is 2.43. The Balaban J connectivity index is 2.37. The van der Waals surface area contributed by atoms with Crippen molar-refractivity contribution < 1.29 is 24.0 Å². The molecule has 0 aromatic heterocycles. The van der Waals surface area contributed by atoms with Gasteiger partial charge in [-0.15, -0.1) is 0 Å². The number of carbonyl (C=O) groups is 2.